The van der Waals surface area contributed by atoms with Gasteiger partial charge in [0.1, 0.15) is 0 Å². The van der Waals surface area contributed by atoms with Crippen LogP contribution in [0.15, 0.2) is 0 Å². The summed E-state index contributed by atoms with van der Waals surface area (Å²) in [5.74, 6) is -1.15. The average molecular weight is 420 g/mol. The molecule has 0 saturated carbocycles. The topological polar surface area (TPSA) is 89.5 Å². The zero-order valence-electron chi connectivity index (χ0n) is 18.0. The molecule has 0 unspecified atom stereocenters. The van der Waals surface area contributed by atoms with Crippen LogP contribution in [-0.2, 0) is 24.3 Å². The average Bonchev–Trinajstić information content (AvgIpc) is 2.64. The van der Waals surface area contributed by atoms with Gasteiger partial charge in [0.25, 0.3) is 0 Å². The van der Waals surface area contributed by atoms with Crippen LogP contribution >= 0.6 is 0 Å². The van der Waals surface area contributed by atoms with Crippen LogP contribution in [0.4, 0.5) is 0 Å². The molecule has 0 fully saturated rings. The lowest BCUT2D eigenvalue weighted by Gasteiger charge is -2.07. The van der Waals surface area contributed by atoms with Crippen molar-refractivity contribution in [3.05, 3.63) is 0 Å². The van der Waals surface area contributed by atoms with Crippen LogP contribution in [0.25, 0.3) is 0 Å². The van der Waals surface area contributed by atoms with Gasteiger partial charge in [0.2, 0.25) is 15.9 Å². The highest BCUT2D eigenvalue weighted by Gasteiger charge is 2.15. The quantitative estimate of drug-likeness (QED) is 0.238. The van der Waals surface area contributed by atoms with Crippen molar-refractivity contribution in [2.75, 3.05) is 12.9 Å². The van der Waals surface area contributed by atoms with Gasteiger partial charge in [-0.25, -0.2) is 8.42 Å². The number of carbonyl (C=O) groups excluding carboxylic acids is 2. The van der Waals surface area contributed by atoms with E-state index in [1.54, 1.807) is 0 Å². The van der Waals surface area contributed by atoms with Crippen molar-refractivity contribution in [1.29, 1.82) is 0 Å². The van der Waals surface area contributed by atoms with Crippen LogP contribution in [0.1, 0.15) is 110 Å². The number of hydrogen-bond acceptors (Lipinski definition) is 5. The summed E-state index contributed by atoms with van der Waals surface area (Å²) in [6.07, 6.45) is 16.3. The summed E-state index contributed by atoms with van der Waals surface area (Å²) in [4.78, 5) is 22.7. The first kappa shape index (κ1) is 26.9. The summed E-state index contributed by atoms with van der Waals surface area (Å²) in [7, 11) is -2.40. The Kier molecular flexibility index (Phi) is 17.2. The van der Waals surface area contributed by atoms with Crippen molar-refractivity contribution in [3.63, 3.8) is 0 Å². The Bertz CT molecular complexity index is 505. The fourth-order valence-electron chi connectivity index (χ4n) is 3.09. The first-order valence-corrected chi connectivity index (χ1v) is 12.7. The van der Waals surface area contributed by atoms with Gasteiger partial charge in [0.05, 0.1) is 12.9 Å². The van der Waals surface area contributed by atoms with Crippen molar-refractivity contribution in [3.8, 4) is 0 Å². The Morgan fingerprint density at radius 3 is 1.64 bits per heavy atom. The van der Waals surface area contributed by atoms with E-state index in [0.29, 0.717) is 6.42 Å². The summed E-state index contributed by atoms with van der Waals surface area (Å²) < 4.78 is 30.0. The second-order valence-corrected chi connectivity index (χ2v) is 9.36. The van der Waals surface area contributed by atoms with Gasteiger partial charge in [-0.15, -0.1) is 0 Å². The van der Waals surface area contributed by atoms with E-state index in [0.717, 1.165) is 12.8 Å². The minimum atomic E-state index is -3.66. The van der Waals surface area contributed by atoms with Crippen molar-refractivity contribution in [2.24, 2.45) is 0 Å². The SMILES string of the molecule is CCCCCCCCCCCCCCCC(=O)NS(=O)(=O)CCCC(=O)OC. The number of sulfonamides is 1. The maximum Gasteiger partial charge on any atom is 0.305 e. The smallest absolute Gasteiger partial charge is 0.305 e. The number of rotatable bonds is 19. The van der Waals surface area contributed by atoms with Crippen LogP contribution in [0.2, 0.25) is 0 Å². The van der Waals surface area contributed by atoms with E-state index in [1.807, 2.05) is 0 Å². The molecule has 0 radical (unpaired) electrons. The van der Waals surface area contributed by atoms with Crippen molar-refractivity contribution in [2.45, 2.75) is 110 Å². The van der Waals surface area contributed by atoms with E-state index in [2.05, 4.69) is 16.4 Å². The Morgan fingerprint density at radius 2 is 1.18 bits per heavy atom. The van der Waals surface area contributed by atoms with Gasteiger partial charge in [0, 0.05) is 12.8 Å². The highest BCUT2D eigenvalue weighted by atomic mass is 32.2. The molecule has 0 heterocycles. The van der Waals surface area contributed by atoms with E-state index < -0.39 is 21.9 Å². The normalized spacial score (nSPS) is 11.4. The fourth-order valence-corrected chi connectivity index (χ4v) is 4.16. The zero-order chi connectivity index (χ0) is 21.1. The lowest BCUT2D eigenvalue weighted by molar-refractivity contribution is -0.140. The standard InChI is InChI=1S/C21H41NO5S/c1-3-4-5-6-7-8-9-10-11-12-13-14-15-17-20(23)22-28(25,26)19-16-18-21(24)27-2/h3-19H2,1-2H3,(H,22,23). The van der Waals surface area contributed by atoms with E-state index in [4.69, 9.17) is 0 Å². The van der Waals surface area contributed by atoms with E-state index in [1.165, 1.54) is 71.3 Å². The predicted octanol–water partition coefficient (Wildman–Crippen LogP) is 4.87. The van der Waals surface area contributed by atoms with E-state index in [9.17, 15) is 18.0 Å². The Hall–Kier alpha value is -1.11. The van der Waals surface area contributed by atoms with Crippen LogP contribution in [0.5, 0.6) is 0 Å². The molecule has 7 heteroatoms. The van der Waals surface area contributed by atoms with Crippen molar-refractivity contribution < 1.29 is 22.7 Å². The molecule has 0 rings (SSSR count). The molecule has 0 aromatic carbocycles. The molecule has 1 amide bonds. The molecule has 0 aromatic heterocycles. The molecular formula is C21H41NO5S. The number of unbranched alkanes of at least 4 members (excludes halogenated alkanes) is 12. The zero-order valence-corrected chi connectivity index (χ0v) is 18.8. The molecular weight excluding hydrogens is 378 g/mol. The molecule has 0 aliphatic heterocycles. The third-order valence-corrected chi connectivity index (χ3v) is 6.16. The van der Waals surface area contributed by atoms with Gasteiger partial charge in [-0.2, -0.15) is 0 Å². The molecule has 1 N–H and O–H groups in total. The third-order valence-electron chi connectivity index (χ3n) is 4.80. The number of amides is 1. The lowest BCUT2D eigenvalue weighted by Crippen LogP contribution is -2.32. The number of ether oxygens (including phenoxy) is 1. The minimum absolute atomic E-state index is 0.0322. The molecule has 0 spiro atoms. The summed E-state index contributed by atoms with van der Waals surface area (Å²) in [5.41, 5.74) is 0. The van der Waals surface area contributed by atoms with Crippen LogP contribution in [0, 0.1) is 0 Å². The third kappa shape index (κ3) is 18.3. The number of methoxy groups -OCH3 is 1. The van der Waals surface area contributed by atoms with Gasteiger partial charge in [0.15, 0.2) is 0 Å². The van der Waals surface area contributed by atoms with Gasteiger partial charge < -0.3 is 4.74 Å². The van der Waals surface area contributed by atoms with Crippen LogP contribution in [0.3, 0.4) is 0 Å². The number of hydrogen-bond donors (Lipinski definition) is 1. The highest BCUT2D eigenvalue weighted by molar-refractivity contribution is 7.90. The Labute approximate surface area is 172 Å². The molecule has 0 aromatic rings. The number of esters is 1. The van der Waals surface area contributed by atoms with E-state index in [-0.39, 0.29) is 25.0 Å². The van der Waals surface area contributed by atoms with Gasteiger partial charge in [-0.3, -0.25) is 14.3 Å². The van der Waals surface area contributed by atoms with Crippen molar-refractivity contribution >= 4 is 21.9 Å². The van der Waals surface area contributed by atoms with Crippen molar-refractivity contribution in [1.82, 2.24) is 4.72 Å². The van der Waals surface area contributed by atoms with Gasteiger partial charge in [-0.05, 0) is 12.8 Å². The highest BCUT2D eigenvalue weighted by Crippen LogP contribution is 2.13. The van der Waals surface area contributed by atoms with Crippen LogP contribution in [-0.4, -0.2) is 33.2 Å². The molecule has 166 valence electrons. The summed E-state index contributed by atoms with van der Waals surface area (Å²) >= 11 is 0. The molecule has 0 atom stereocenters. The molecule has 6 nitrogen and oxygen atoms in total. The number of carbonyl (C=O) groups is 2. The first-order valence-electron chi connectivity index (χ1n) is 11.0. The Morgan fingerprint density at radius 1 is 0.714 bits per heavy atom. The fraction of sp³-hybridized carbons (Fsp3) is 0.905. The van der Waals surface area contributed by atoms with E-state index >= 15 is 0 Å². The van der Waals surface area contributed by atoms with Crippen LogP contribution < -0.4 is 4.72 Å². The first-order chi connectivity index (χ1) is 13.4. The van der Waals surface area contributed by atoms with Gasteiger partial charge >= 0.3 is 5.97 Å². The molecule has 0 aliphatic carbocycles. The summed E-state index contributed by atoms with van der Waals surface area (Å²) in [6, 6.07) is 0. The second-order valence-electron chi connectivity index (χ2n) is 7.52. The maximum atomic E-state index is 11.8. The molecule has 28 heavy (non-hydrogen) atoms. The number of nitrogens with one attached hydrogen (secondary N) is 1. The second kappa shape index (κ2) is 18.0. The summed E-state index contributed by atoms with van der Waals surface area (Å²) in [5, 5.41) is 0. The largest absolute Gasteiger partial charge is 0.469 e. The molecule has 0 bridgehead atoms. The summed E-state index contributed by atoms with van der Waals surface area (Å²) in [6.45, 7) is 2.24. The predicted molar refractivity (Wildman–Crippen MR) is 113 cm³/mol. The lowest BCUT2D eigenvalue weighted by atomic mass is 10.0. The monoisotopic (exact) mass is 419 g/mol. The maximum absolute atomic E-state index is 11.8. The molecule has 0 aliphatic rings. The molecule has 0 saturated heterocycles. The minimum Gasteiger partial charge on any atom is -0.469 e. The Balaban J connectivity index is 3.50. The van der Waals surface area contributed by atoms with Gasteiger partial charge in [-0.1, -0.05) is 84.0 Å².